The van der Waals surface area contributed by atoms with Gasteiger partial charge in [0.2, 0.25) is 0 Å². The Balaban J connectivity index is 3.54. The SMILES string of the molecule is CCCOCCC(C=C(C)C)NN. The Kier molecular flexibility index (Phi) is 7.99. The van der Waals surface area contributed by atoms with Crippen molar-refractivity contribution in [1.82, 2.24) is 5.43 Å². The molecule has 0 aliphatic rings. The van der Waals surface area contributed by atoms with E-state index in [-0.39, 0.29) is 6.04 Å². The van der Waals surface area contributed by atoms with Crippen molar-refractivity contribution in [1.29, 1.82) is 0 Å². The molecule has 3 heteroatoms. The molecule has 1 atom stereocenters. The van der Waals surface area contributed by atoms with Crippen LogP contribution in [0.15, 0.2) is 11.6 Å². The van der Waals surface area contributed by atoms with Crippen LogP contribution in [0, 0.1) is 0 Å². The summed E-state index contributed by atoms with van der Waals surface area (Å²) in [5, 5.41) is 0. The lowest BCUT2D eigenvalue weighted by Gasteiger charge is -2.11. The zero-order chi connectivity index (χ0) is 10.1. The summed E-state index contributed by atoms with van der Waals surface area (Å²) >= 11 is 0. The second-order valence-electron chi connectivity index (χ2n) is 3.42. The van der Waals surface area contributed by atoms with Crippen molar-refractivity contribution in [3.63, 3.8) is 0 Å². The van der Waals surface area contributed by atoms with Crippen molar-refractivity contribution in [2.24, 2.45) is 5.84 Å². The van der Waals surface area contributed by atoms with Gasteiger partial charge in [0, 0.05) is 19.3 Å². The normalized spacial score (nSPS) is 12.6. The van der Waals surface area contributed by atoms with Gasteiger partial charge in [-0.05, 0) is 26.7 Å². The lowest BCUT2D eigenvalue weighted by Crippen LogP contribution is -2.34. The van der Waals surface area contributed by atoms with Crippen LogP contribution in [-0.4, -0.2) is 19.3 Å². The maximum Gasteiger partial charge on any atom is 0.0484 e. The molecule has 0 aliphatic heterocycles. The van der Waals surface area contributed by atoms with Gasteiger partial charge in [-0.3, -0.25) is 11.3 Å². The van der Waals surface area contributed by atoms with Crippen LogP contribution in [0.4, 0.5) is 0 Å². The quantitative estimate of drug-likeness (QED) is 0.275. The molecule has 3 nitrogen and oxygen atoms in total. The highest BCUT2D eigenvalue weighted by Gasteiger charge is 2.01. The van der Waals surface area contributed by atoms with E-state index in [1.54, 1.807) is 0 Å². The number of hydrazine groups is 1. The van der Waals surface area contributed by atoms with E-state index in [1.807, 2.05) is 0 Å². The Bertz CT molecular complexity index is 142. The first kappa shape index (κ1) is 12.6. The highest BCUT2D eigenvalue weighted by Crippen LogP contribution is 1.98. The topological polar surface area (TPSA) is 47.3 Å². The third-order valence-corrected chi connectivity index (χ3v) is 1.67. The van der Waals surface area contributed by atoms with E-state index in [4.69, 9.17) is 10.6 Å². The molecule has 13 heavy (non-hydrogen) atoms. The number of ether oxygens (including phenoxy) is 1. The summed E-state index contributed by atoms with van der Waals surface area (Å²) in [6, 6.07) is 0.238. The Morgan fingerprint density at radius 3 is 2.62 bits per heavy atom. The monoisotopic (exact) mass is 186 g/mol. The average Bonchev–Trinajstić information content (AvgIpc) is 2.09. The molecule has 3 N–H and O–H groups in total. The molecule has 0 amide bonds. The highest BCUT2D eigenvalue weighted by atomic mass is 16.5. The first-order valence-corrected chi connectivity index (χ1v) is 4.89. The summed E-state index contributed by atoms with van der Waals surface area (Å²) in [5.74, 6) is 5.39. The summed E-state index contributed by atoms with van der Waals surface area (Å²) in [5.41, 5.74) is 4.03. The lowest BCUT2D eigenvalue weighted by molar-refractivity contribution is 0.128. The van der Waals surface area contributed by atoms with Gasteiger partial charge in [-0.1, -0.05) is 18.6 Å². The number of nitrogens with one attached hydrogen (secondary N) is 1. The van der Waals surface area contributed by atoms with Gasteiger partial charge in [-0.15, -0.1) is 0 Å². The molecule has 0 radical (unpaired) electrons. The third kappa shape index (κ3) is 7.96. The molecule has 0 saturated carbocycles. The van der Waals surface area contributed by atoms with Gasteiger partial charge in [0.15, 0.2) is 0 Å². The lowest BCUT2D eigenvalue weighted by atomic mass is 10.1. The van der Waals surface area contributed by atoms with Gasteiger partial charge in [0.1, 0.15) is 0 Å². The van der Waals surface area contributed by atoms with Crippen molar-refractivity contribution in [3.8, 4) is 0 Å². The summed E-state index contributed by atoms with van der Waals surface area (Å²) in [7, 11) is 0. The molecule has 0 aromatic rings. The van der Waals surface area contributed by atoms with E-state index >= 15 is 0 Å². The van der Waals surface area contributed by atoms with E-state index in [9.17, 15) is 0 Å². The number of nitrogens with two attached hydrogens (primary N) is 1. The molecule has 0 spiro atoms. The predicted molar refractivity (Wildman–Crippen MR) is 56.3 cm³/mol. The van der Waals surface area contributed by atoms with Gasteiger partial charge in [0.25, 0.3) is 0 Å². The zero-order valence-corrected chi connectivity index (χ0v) is 8.97. The summed E-state index contributed by atoms with van der Waals surface area (Å²) < 4.78 is 5.37. The zero-order valence-electron chi connectivity index (χ0n) is 8.97. The molecule has 78 valence electrons. The maximum atomic E-state index is 5.39. The van der Waals surface area contributed by atoms with Crippen molar-refractivity contribution in [2.75, 3.05) is 13.2 Å². The fourth-order valence-electron chi connectivity index (χ4n) is 1.07. The molecule has 1 unspecified atom stereocenters. The minimum Gasteiger partial charge on any atom is -0.381 e. The molecule has 0 aliphatic carbocycles. The van der Waals surface area contributed by atoms with Gasteiger partial charge < -0.3 is 4.74 Å². The molecular weight excluding hydrogens is 164 g/mol. The smallest absolute Gasteiger partial charge is 0.0484 e. The molecule has 0 heterocycles. The Morgan fingerprint density at radius 1 is 1.46 bits per heavy atom. The molecular formula is C10H22N2O. The number of hydrogen-bond acceptors (Lipinski definition) is 3. The van der Waals surface area contributed by atoms with Crippen molar-refractivity contribution in [3.05, 3.63) is 11.6 Å². The molecule has 0 rings (SSSR count). The third-order valence-electron chi connectivity index (χ3n) is 1.67. The molecule has 0 aromatic heterocycles. The van der Waals surface area contributed by atoms with E-state index < -0.39 is 0 Å². The molecule has 0 aromatic carbocycles. The Labute approximate surface area is 81.3 Å². The van der Waals surface area contributed by atoms with Gasteiger partial charge >= 0.3 is 0 Å². The first-order chi connectivity index (χ1) is 6.20. The fourth-order valence-corrected chi connectivity index (χ4v) is 1.07. The van der Waals surface area contributed by atoms with Gasteiger partial charge in [0.05, 0.1) is 0 Å². The van der Waals surface area contributed by atoms with Crippen molar-refractivity contribution < 1.29 is 4.74 Å². The maximum absolute atomic E-state index is 5.39. The number of rotatable bonds is 7. The minimum atomic E-state index is 0.238. The second kappa shape index (κ2) is 8.23. The van der Waals surface area contributed by atoms with Crippen LogP contribution in [0.3, 0.4) is 0 Å². The standard InChI is InChI=1S/C10H22N2O/c1-4-6-13-7-5-10(12-11)8-9(2)3/h8,10,12H,4-7,11H2,1-3H3. The fraction of sp³-hybridized carbons (Fsp3) is 0.800. The summed E-state index contributed by atoms with van der Waals surface area (Å²) in [4.78, 5) is 0. The van der Waals surface area contributed by atoms with Gasteiger partial charge in [-0.2, -0.15) is 0 Å². The summed E-state index contributed by atoms with van der Waals surface area (Å²) in [6.07, 6.45) is 4.13. The predicted octanol–water partition coefficient (Wildman–Crippen LogP) is 1.60. The van der Waals surface area contributed by atoms with Crippen LogP contribution >= 0.6 is 0 Å². The molecule has 0 saturated heterocycles. The van der Waals surface area contributed by atoms with Crippen molar-refractivity contribution in [2.45, 2.75) is 39.7 Å². The van der Waals surface area contributed by atoms with E-state index in [1.165, 1.54) is 5.57 Å². The number of allylic oxidation sites excluding steroid dienone is 1. The Hall–Kier alpha value is -0.380. The second-order valence-corrected chi connectivity index (χ2v) is 3.42. The highest BCUT2D eigenvalue weighted by molar-refractivity contribution is 5.00. The van der Waals surface area contributed by atoms with E-state index in [0.29, 0.717) is 0 Å². The average molecular weight is 186 g/mol. The van der Waals surface area contributed by atoms with Crippen LogP contribution < -0.4 is 11.3 Å². The van der Waals surface area contributed by atoms with Crippen molar-refractivity contribution >= 4 is 0 Å². The summed E-state index contributed by atoms with van der Waals surface area (Å²) in [6.45, 7) is 7.85. The number of hydrogen-bond donors (Lipinski definition) is 2. The first-order valence-electron chi connectivity index (χ1n) is 4.89. The van der Waals surface area contributed by atoms with Crippen LogP contribution in [0.1, 0.15) is 33.6 Å². The Morgan fingerprint density at radius 2 is 2.15 bits per heavy atom. The van der Waals surface area contributed by atoms with Crippen LogP contribution in [0.5, 0.6) is 0 Å². The van der Waals surface area contributed by atoms with E-state index in [0.717, 1.165) is 26.1 Å². The van der Waals surface area contributed by atoms with Gasteiger partial charge in [-0.25, -0.2) is 0 Å². The van der Waals surface area contributed by atoms with Crippen LogP contribution in [0.2, 0.25) is 0 Å². The van der Waals surface area contributed by atoms with Crippen LogP contribution in [0.25, 0.3) is 0 Å². The van der Waals surface area contributed by atoms with Crippen LogP contribution in [-0.2, 0) is 4.74 Å². The molecule has 0 fully saturated rings. The van der Waals surface area contributed by atoms with E-state index in [2.05, 4.69) is 32.3 Å². The molecule has 0 bridgehead atoms. The largest absolute Gasteiger partial charge is 0.381 e. The minimum absolute atomic E-state index is 0.238.